The van der Waals surface area contributed by atoms with Gasteiger partial charge >= 0.3 is 0 Å². The lowest BCUT2D eigenvalue weighted by molar-refractivity contribution is -0.148. The van der Waals surface area contributed by atoms with E-state index in [1.54, 1.807) is 7.05 Å². The summed E-state index contributed by atoms with van der Waals surface area (Å²) in [4.78, 5) is 24.8. The van der Waals surface area contributed by atoms with Crippen molar-refractivity contribution in [2.24, 2.45) is 0 Å². The first-order valence-corrected chi connectivity index (χ1v) is 8.16. The van der Waals surface area contributed by atoms with Crippen LogP contribution in [0.25, 0.3) is 0 Å². The quantitative estimate of drug-likeness (QED) is 0.851. The van der Waals surface area contributed by atoms with Gasteiger partial charge in [-0.25, -0.2) is 0 Å². The molecule has 1 aromatic carbocycles. The second-order valence-electron chi connectivity index (χ2n) is 5.97. The van der Waals surface area contributed by atoms with Crippen LogP contribution in [0.3, 0.4) is 0 Å². The molecule has 3 rings (SSSR count). The average Bonchev–Trinajstić information content (AvgIpc) is 2.43. The Kier molecular flexibility index (Phi) is 4.13. The Labute approximate surface area is 133 Å². The number of nitrogens with one attached hydrogen (secondary N) is 1. The molecule has 2 amide bonds. The van der Waals surface area contributed by atoms with Gasteiger partial charge in [0.2, 0.25) is 11.8 Å². The summed E-state index contributed by atoms with van der Waals surface area (Å²) < 4.78 is 1.10. The Hall–Kier alpha value is -1.20. The highest BCUT2D eigenvalue weighted by Gasteiger charge is 2.37. The molecule has 1 heterocycles. The van der Waals surface area contributed by atoms with Gasteiger partial charge in [-0.3, -0.25) is 14.5 Å². The summed E-state index contributed by atoms with van der Waals surface area (Å²) >= 11 is 3.45. The molecule has 0 radical (unpaired) electrons. The number of carbonyl (C=O) groups is 2. The molecule has 2 aliphatic rings. The van der Waals surface area contributed by atoms with Crippen LogP contribution < -0.4 is 5.32 Å². The number of likely N-dealkylation sites (N-methyl/N-ethyl adjacent to an activating group) is 1. The molecule has 5 heteroatoms. The van der Waals surface area contributed by atoms with Gasteiger partial charge in [-0.2, -0.15) is 0 Å². The SMILES string of the molecule is CN1C(=O)CCC(NC2CC(c3ccc(Br)cc3)C2)C1=O. The van der Waals surface area contributed by atoms with Crippen molar-refractivity contribution in [2.45, 2.75) is 43.7 Å². The first kappa shape index (κ1) is 14.7. The Morgan fingerprint density at radius 2 is 1.86 bits per heavy atom. The maximum atomic E-state index is 12.0. The lowest BCUT2D eigenvalue weighted by atomic mass is 9.75. The lowest BCUT2D eigenvalue weighted by Gasteiger charge is -2.40. The van der Waals surface area contributed by atoms with Crippen molar-refractivity contribution in [1.82, 2.24) is 10.2 Å². The number of halogens is 1. The minimum atomic E-state index is -0.191. The van der Waals surface area contributed by atoms with Crippen LogP contribution >= 0.6 is 15.9 Å². The number of carbonyl (C=O) groups excluding carboxylic acids is 2. The van der Waals surface area contributed by atoms with Crippen molar-refractivity contribution < 1.29 is 9.59 Å². The molecule has 112 valence electrons. The van der Waals surface area contributed by atoms with E-state index in [0.717, 1.165) is 17.3 Å². The minimum absolute atomic E-state index is 0.0700. The van der Waals surface area contributed by atoms with E-state index in [9.17, 15) is 9.59 Å². The molecule has 1 unspecified atom stereocenters. The van der Waals surface area contributed by atoms with Gasteiger partial charge in [0.05, 0.1) is 6.04 Å². The maximum absolute atomic E-state index is 12.0. The van der Waals surface area contributed by atoms with E-state index in [0.29, 0.717) is 24.8 Å². The third kappa shape index (κ3) is 3.04. The van der Waals surface area contributed by atoms with Crippen LogP contribution in [0.15, 0.2) is 28.7 Å². The van der Waals surface area contributed by atoms with E-state index < -0.39 is 0 Å². The van der Waals surface area contributed by atoms with Crippen LogP contribution in [-0.2, 0) is 9.59 Å². The van der Waals surface area contributed by atoms with Crippen LogP contribution in [0, 0.1) is 0 Å². The fourth-order valence-electron chi connectivity index (χ4n) is 3.12. The molecule has 1 N–H and O–H groups in total. The van der Waals surface area contributed by atoms with E-state index in [4.69, 9.17) is 0 Å². The molecule has 1 saturated carbocycles. The molecular weight excluding hydrogens is 332 g/mol. The van der Waals surface area contributed by atoms with Crippen molar-refractivity contribution >= 4 is 27.7 Å². The standard InChI is InChI=1S/C16H19BrN2O2/c1-19-15(20)7-6-14(16(19)21)18-13-8-11(9-13)10-2-4-12(17)5-3-10/h2-5,11,13-14,18H,6-9H2,1H3. The summed E-state index contributed by atoms with van der Waals surface area (Å²) in [5.41, 5.74) is 1.36. The Balaban J connectivity index is 1.52. The summed E-state index contributed by atoms with van der Waals surface area (Å²) in [5, 5.41) is 3.41. The number of hydrogen-bond acceptors (Lipinski definition) is 3. The fourth-order valence-corrected chi connectivity index (χ4v) is 3.38. The van der Waals surface area contributed by atoms with Crippen LogP contribution in [0.2, 0.25) is 0 Å². The van der Waals surface area contributed by atoms with E-state index in [1.807, 2.05) is 0 Å². The number of benzene rings is 1. The summed E-state index contributed by atoms with van der Waals surface area (Å²) in [6.07, 6.45) is 3.20. The average molecular weight is 351 g/mol. The van der Waals surface area contributed by atoms with E-state index in [-0.39, 0.29) is 17.9 Å². The van der Waals surface area contributed by atoms with Gasteiger partial charge in [0.15, 0.2) is 0 Å². The molecule has 0 aromatic heterocycles. The zero-order chi connectivity index (χ0) is 15.0. The number of nitrogens with zero attached hydrogens (tertiary/aromatic N) is 1. The highest BCUT2D eigenvalue weighted by Crippen LogP contribution is 2.37. The third-order valence-corrected chi connectivity index (χ3v) is 5.09. The highest BCUT2D eigenvalue weighted by atomic mass is 79.9. The van der Waals surface area contributed by atoms with Gasteiger partial charge in [-0.15, -0.1) is 0 Å². The van der Waals surface area contributed by atoms with E-state index >= 15 is 0 Å². The predicted octanol–water partition coefficient (Wildman–Crippen LogP) is 2.43. The fraction of sp³-hybridized carbons (Fsp3) is 0.500. The highest BCUT2D eigenvalue weighted by molar-refractivity contribution is 9.10. The number of amides is 2. The second-order valence-corrected chi connectivity index (χ2v) is 6.88. The van der Waals surface area contributed by atoms with E-state index in [1.165, 1.54) is 10.5 Å². The second kappa shape index (κ2) is 5.89. The first-order valence-electron chi connectivity index (χ1n) is 7.36. The Morgan fingerprint density at radius 3 is 2.52 bits per heavy atom. The number of imide groups is 1. The predicted molar refractivity (Wildman–Crippen MR) is 83.8 cm³/mol. The molecule has 1 saturated heterocycles. The largest absolute Gasteiger partial charge is 0.303 e. The Morgan fingerprint density at radius 1 is 1.19 bits per heavy atom. The van der Waals surface area contributed by atoms with Crippen LogP contribution in [0.5, 0.6) is 0 Å². The van der Waals surface area contributed by atoms with E-state index in [2.05, 4.69) is 45.5 Å². The zero-order valence-electron chi connectivity index (χ0n) is 12.0. The van der Waals surface area contributed by atoms with Gasteiger partial charge in [0.1, 0.15) is 0 Å². The first-order chi connectivity index (χ1) is 10.0. The van der Waals surface area contributed by atoms with Crippen molar-refractivity contribution in [3.05, 3.63) is 34.3 Å². The topological polar surface area (TPSA) is 49.4 Å². The van der Waals surface area contributed by atoms with Crippen molar-refractivity contribution in [3.8, 4) is 0 Å². The molecule has 1 aliphatic carbocycles. The van der Waals surface area contributed by atoms with Crippen LogP contribution in [0.1, 0.15) is 37.2 Å². The summed E-state index contributed by atoms with van der Waals surface area (Å²) in [5.74, 6) is 0.423. The van der Waals surface area contributed by atoms with Crippen molar-refractivity contribution in [1.29, 1.82) is 0 Å². The summed E-state index contributed by atoms with van der Waals surface area (Å²) in [7, 11) is 1.57. The number of hydrogen-bond donors (Lipinski definition) is 1. The molecule has 1 atom stereocenters. The molecular formula is C16H19BrN2O2. The summed E-state index contributed by atoms with van der Waals surface area (Å²) in [6.45, 7) is 0. The number of rotatable bonds is 3. The molecule has 4 nitrogen and oxygen atoms in total. The molecule has 1 aromatic rings. The van der Waals surface area contributed by atoms with Crippen molar-refractivity contribution in [3.63, 3.8) is 0 Å². The van der Waals surface area contributed by atoms with Gasteiger partial charge in [0, 0.05) is 24.0 Å². The van der Waals surface area contributed by atoms with Gasteiger partial charge in [0.25, 0.3) is 0 Å². The van der Waals surface area contributed by atoms with Gasteiger partial charge in [-0.05, 0) is 42.9 Å². The van der Waals surface area contributed by atoms with Gasteiger partial charge in [-0.1, -0.05) is 28.1 Å². The molecule has 0 bridgehead atoms. The molecule has 1 aliphatic heterocycles. The minimum Gasteiger partial charge on any atom is -0.303 e. The smallest absolute Gasteiger partial charge is 0.246 e. The Bertz CT molecular complexity index is 552. The van der Waals surface area contributed by atoms with Gasteiger partial charge < -0.3 is 5.32 Å². The monoisotopic (exact) mass is 350 g/mol. The molecule has 0 spiro atoms. The molecule has 21 heavy (non-hydrogen) atoms. The normalized spacial score (nSPS) is 29.4. The van der Waals surface area contributed by atoms with Crippen LogP contribution in [-0.4, -0.2) is 35.8 Å². The lowest BCUT2D eigenvalue weighted by Crippen LogP contribution is -2.56. The number of piperidine rings is 1. The zero-order valence-corrected chi connectivity index (χ0v) is 13.6. The van der Waals surface area contributed by atoms with Crippen molar-refractivity contribution in [2.75, 3.05) is 7.05 Å². The molecule has 2 fully saturated rings. The maximum Gasteiger partial charge on any atom is 0.246 e. The number of likely N-dealkylation sites (tertiary alicyclic amines) is 1. The third-order valence-electron chi connectivity index (χ3n) is 4.57. The van der Waals surface area contributed by atoms with Crippen LogP contribution in [0.4, 0.5) is 0 Å². The summed E-state index contributed by atoms with van der Waals surface area (Å²) in [6, 6.07) is 8.65.